The molecule has 0 radical (unpaired) electrons. The molecule has 0 unspecified atom stereocenters. The van der Waals surface area contributed by atoms with Gasteiger partial charge in [0.1, 0.15) is 18.1 Å². The fourth-order valence-electron chi connectivity index (χ4n) is 2.72. The van der Waals surface area contributed by atoms with Crippen molar-refractivity contribution in [3.8, 4) is 0 Å². The van der Waals surface area contributed by atoms with Crippen LogP contribution in [0.5, 0.6) is 0 Å². The molecule has 8 heteroatoms. The molecule has 3 atom stereocenters. The third-order valence-corrected chi connectivity index (χ3v) is 4.17. The molecule has 2 rings (SSSR count). The number of methoxy groups -OCH3 is 1. The van der Waals surface area contributed by atoms with E-state index in [9.17, 15) is 19.2 Å². The summed E-state index contributed by atoms with van der Waals surface area (Å²) in [7, 11) is 1.23. The van der Waals surface area contributed by atoms with E-state index in [2.05, 4.69) is 20.7 Å². The van der Waals surface area contributed by atoms with Crippen molar-refractivity contribution in [3.05, 3.63) is 35.9 Å². The van der Waals surface area contributed by atoms with Crippen LogP contribution in [-0.2, 0) is 30.3 Å². The van der Waals surface area contributed by atoms with E-state index < -0.39 is 35.9 Å². The minimum absolute atomic E-state index is 0.247. The van der Waals surface area contributed by atoms with E-state index in [0.717, 1.165) is 5.56 Å². The predicted molar refractivity (Wildman–Crippen MR) is 92.9 cm³/mol. The van der Waals surface area contributed by atoms with Crippen LogP contribution in [0.1, 0.15) is 25.3 Å². The minimum atomic E-state index is -0.968. The number of carbonyl (C=O) groups is 4. The monoisotopic (exact) mass is 361 g/mol. The van der Waals surface area contributed by atoms with Crippen molar-refractivity contribution in [2.24, 2.45) is 0 Å². The first-order chi connectivity index (χ1) is 12.4. The van der Waals surface area contributed by atoms with Gasteiger partial charge in [0.05, 0.1) is 13.5 Å². The zero-order chi connectivity index (χ0) is 19.1. The highest BCUT2D eigenvalue weighted by molar-refractivity contribution is 5.99. The van der Waals surface area contributed by atoms with E-state index in [-0.39, 0.29) is 12.3 Å². The van der Waals surface area contributed by atoms with Gasteiger partial charge >= 0.3 is 5.97 Å². The number of esters is 1. The van der Waals surface area contributed by atoms with Crippen molar-refractivity contribution in [2.75, 3.05) is 7.11 Å². The zero-order valence-corrected chi connectivity index (χ0v) is 14.8. The van der Waals surface area contributed by atoms with E-state index in [0.29, 0.717) is 12.8 Å². The molecule has 140 valence electrons. The van der Waals surface area contributed by atoms with Gasteiger partial charge in [-0.25, -0.2) is 4.79 Å². The largest absolute Gasteiger partial charge is 0.467 e. The number of carbonyl (C=O) groups excluding carboxylic acids is 4. The number of benzene rings is 1. The Bertz CT molecular complexity index is 677. The molecule has 3 amide bonds. The Labute approximate surface area is 151 Å². The van der Waals surface area contributed by atoms with E-state index in [1.54, 1.807) is 6.92 Å². The second-order valence-electron chi connectivity index (χ2n) is 6.07. The van der Waals surface area contributed by atoms with Gasteiger partial charge in [0.2, 0.25) is 17.7 Å². The summed E-state index contributed by atoms with van der Waals surface area (Å²) in [6.07, 6.45) is 0.488. The van der Waals surface area contributed by atoms with Gasteiger partial charge in [-0.15, -0.1) is 0 Å². The van der Waals surface area contributed by atoms with Crippen LogP contribution in [0, 0.1) is 0 Å². The molecule has 0 bridgehead atoms. The first-order valence-electron chi connectivity index (χ1n) is 8.46. The molecule has 1 aliphatic heterocycles. The van der Waals surface area contributed by atoms with Gasteiger partial charge in [-0.05, 0) is 12.0 Å². The molecular weight excluding hydrogens is 338 g/mol. The second kappa shape index (κ2) is 8.98. The van der Waals surface area contributed by atoms with Crippen LogP contribution in [0.3, 0.4) is 0 Å². The number of hydrogen-bond acceptors (Lipinski definition) is 5. The molecular formula is C18H23N3O5. The van der Waals surface area contributed by atoms with Crippen molar-refractivity contribution in [1.29, 1.82) is 0 Å². The molecule has 1 fully saturated rings. The number of nitrogens with one attached hydrogen (secondary N) is 3. The Hall–Kier alpha value is -2.90. The topological polar surface area (TPSA) is 114 Å². The molecule has 8 nitrogen and oxygen atoms in total. The van der Waals surface area contributed by atoms with Crippen molar-refractivity contribution >= 4 is 23.7 Å². The van der Waals surface area contributed by atoms with Gasteiger partial charge in [-0.2, -0.15) is 0 Å². The normalized spacial score (nSPS) is 20.5. The van der Waals surface area contributed by atoms with E-state index in [1.165, 1.54) is 7.11 Å². The van der Waals surface area contributed by atoms with Gasteiger partial charge in [-0.1, -0.05) is 37.3 Å². The first kappa shape index (κ1) is 19.4. The Kier molecular flexibility index (Phi) is 6.71. The lowest BCUT2D eigenvalue weighted by molar-refractivity contribution is -0.145. The summed E-state index contributed by atoms with van der Waals surface area (Å²) in [5.74, 6) is -1.83. The number of ether oxygens (including phenoxy) is 1. The Morgan fingerprint density at radius 1 is 1.12 bits per heavy atom. The van der Waals surface area contributed by atoms with Crippen LogP contribution in [-0.4, -0.2) is 48.9 Å². The highest BCUT2D eigenvalue weighted by Gasteiger charge is 2.35. The average molecular weight is 361 g/mol. The summed E-state index contributed by atoms with van der Waals surface area (Å²) in [6.45, 7) is 1.73. The Balaban J connectivity index is 1.90. The SMILES string of the molecule is CC[C@@H](NC(=O)C[C@@H]1NC(=O)[C@H](Cc2ccccc2)NC1=O)C(=O)OC. The van der Waals surface area contributed by atoms with Gasteiger partial charge in [0.25, 0.3) is 0 Å². The summed E-state index contributed by atoms with van der Waals surface area (Å²) in [5, 5.41) is 7.73. The van der Waals surface area contributed by atoms with E-state index in [4.69, 9.17) is 0 Å². The third-order valence-electron chi connectivity index (χ3n) is 4.17. The summed E-state index contributed by atoms with van der Waals surface area (Å²) in [6, 6.07) is 6.91. The van der Waals surface area contributed by atoms with Crippen molar-refractivity contribution in [2.45, 2.75) is 44.3 Å². The average Bonchev–Trinajstić information content (AvgIpc) is 2.64. The van der Waals surface area contributed by atoms with Gasteiger partial charge in [0.15, 0.2) is 0 Å². The van der Waals surface area contributed by atoms with Crippen LogP contribution >= 0.6 is 0 Å². The lowest BCUT2D eigenvalue weighted by Crippen LogP contribution is -2.63. The molecule has 0 saturated carbocycles. The predicted octanol–water partition coefficient (Wildman–Crippen LogP) is -0.330. The maximum Gasteiger partial charge on any atom is 0.328 e. The lowest BCUT2D eigenvalue weighted by atomic mass is 10.0. The van der Waals surface area contributed by atoms with Crippen LogP contribution < -0.4 is 16.0 Å². The van der Waals surface area contributed by atoms with Crippen LogP contribution in [0.4, 0.5) is 0 Å². The van der Waals surface area contributed by atoms with Crippen molar-refractivity contribution < 1.29 is 23.9 Å². The van der Waals surface area contributed by atoms with Gasteiger partial charge in [0, 0.05) is 6.42 Å². The molecule has 1 saturated heterocycles. The Morgan fingerprint density at radius 3 is 2.35 bits per heavy atom. The Morgan fingerprint density at radius 2 is 1.73 bits per heavy atom. The van der Waals surface area contributed by atoms with E-state index >= 15 is 0 Å². The molecule has 0 aliphatic carbocycles. The number of rotatable bonds is 7. The van der Waals surface area contributed by atoms with E-state index in [1.807, 2.05) is 30.3 Å². The quantitative estimate of drug-likeness (QED) is 0.576. The van der Waals surface area contributed by atoms with Gasteiger partial charge < -0.3 is 20.7 Å². The summed E-state index contributed by atoms with van der Waals surface area (Å²) in [4.78, 5) is 48.1. The molecule has 1 aromatic rings. The molecule has 1 heterocycles. The molecule has 26 heavy (non-hydrogen) atoms. The smallest absolute Gasteiger partial charge is 0.328 e. The summed E-state index contributed by atoms with van der Waals surface area (Å²) in [5.41, 5.74) is 0.924. The molecule has 1 aromatic carbocycles. The lowest BCUT2D eigenvalue weighted by Gasteiger charge is -2.29. The number of hydrogen-bond donors (Lipinski definition) is 3. The van der Waals surface area contributed by atoms with Crippen molar-refractivity contribution in [1.82, 2.24) is 16.0 Å². The van der Waals surface area contributed by atoms with Crippen molar-refractivity contribution in [3.63, 3.8) is 0 Å². The summed E-state index contributed by atoms with van der Waals surface area (Å²) >= 11 is 0. The molecule has 1 aliphatic rings. The second-order valence-corrected chi connectivity index (χ2v) is 6.07. The molecule has 3 N–H and O–H groups in total. The molecule has 0 spiro atoms. The van der Waals surface area contributed by atoms with Crippen LogP contribution in [0.2, 0.25) is 0 Å². The van der Waals surface area contributed by atoms with Crippen LogP contribution in [0.25, 0.3) is 0 Å². The third kappa shape index (κ3) is 5.05. The first-order valence-corrected chi connectivity index (χ1v) is 8.46. The fraction of sp³-hybridized carbons (Fsp3) is 0.444. The van der Waals surface area contributed by atoms with Crippen LogP contribution in [0.15, 0.2) is 30.3 Å². The number of amides is 3. The number of piperazine rings is 1. The minimum Gasteiger partial charge on any atom is -0.467 e. The maximum absolute atomic E-state index is 12.2. The van der Waals surface area contributed by atoms with Gasteiger partial charge in [-0.3, -0.25) is 14.4 Å². The highest BCUT2D eigenvalue weighted by Crippen LogP contribution is 2.08. The molecule has 0 aromatic heterocycles. The highest BCUT2D eigenvalue weighted by atomic mass is 16.5. The maximum atomic E-state index is 12.2. The fourth-order valence-corrected chi connectivity index (χ4v) is 2.72. The standard InChI is InChI=1S/C18H23N3O5/c1-3-12(18(25)26-2)19-15(22)10-14-17(24)20-13(16(23)21-14)9-11-7-5-4-6-8-11/h4-8,12-14H,3,9-10H2,1-2H3,(H,19,22)(H,20,24)(H,21,23)/t12-,13+,14+/m1/s1. The summed E-state index contributed by atoms with van der Waals surface area (Å²) < 4.78 is 4.60. The zero-order valence-electron chi connectivity index (χ0n) is 14.8.